The predicted octanol–water partition coefficient (Wildman–Crippen LogP) is 16.8. The molecule has 0 fully saturated rings. The van der Waals surface area contributed by atoms with Gasteiger partial charge in [-0.15, -0.1) is 0 Å². The molecule has 1 unspecified atom stereocenters. The first-order valence-electron chi connectivity index (χ1n) is 21.3. The van der Waals surface area contributed by atoms with Gasteiger partial charge in [0.15, 0.2) is 0 Å². The number of nitrogens with one attached hydrogen (secondary N) is 3. The fourth-order valence-corrected chi connectivity index (χ4v) is 8.70. The molecule has 3 amide bonds. The normalized spacial score (nSPS) is 12.5. The van der Waals surface area contributed by atoms with Crippen LogP contribution in [-0.2, 0) is 5.41 Å². The van der Waals surface area contributed by atoms with Crippen LogP contribution in [0.3, 0.4) is 0 Å². The lowest BCUT2D eigenvalue weighted by Gasteiger charge is -2.19. The zero-order valence-corrected chi connectivity index (χ0v) is 39.9. The van der Waals surface area contributed by atoms with E-state index < -0.39 is 0 Å². The van der Waals surface area contributed by atoms with Crippen molar-refractivity contribution in [2.24, 2.45) is 0 Å². The van der Waals surface area contributed by atoms with Crippen LogP contribution in [-0.4, -0.2) is 32.7 Å². The number of fused-ring (bicyclic) bond motifs is 1. The van der Waals surface area contributed by atoms with Crippen molar-refractivity contribution in [3.63, 3.8) is 0 Å². The van der Waals surface area contributed by atoms with Crippen LogP contribution in [0.15, 0.2) is 170 Å². The standard InChI is InChI=1S/C18H12Cl2N2O.C18H12ClFN2O.C18H19ClN2O.3CH4/c19-13-9-7-12(8-10-13)14-4-1-2-6-16(14)22-18(23)15-5-3-11-21-17(15)20;19-17-15(5-3-11-21-17)18(23)22-16-6-2-1-4-14(16)12-7-9-13(20)10-8-12;1-11-10-18(2,3)13-7-4-8-14(15(11)13)21-17(22)12-6-5-9-20-16(12)19;;;/h2*1-11H,(H,22,23);4-9,11H,10H2,1-3H3,(H,21,22);3*1H4. The number of aromatic nitrogens is 3. The number of amides is 3. The number of rotatable bonds is 8. The van der Waals surface area contributed by atoms with Crippen LogP contribution in [0.4, 0.5) is 21.5 Å². The number of para-hydroxylation sites is 2. The molecule has 1 aliphatic carbocycles. The summed E-state index contributed by atoms with van der Waals surface area (Å²) >= 11 is 23.9. The van der Waals surface area contributed by atoms with Crippen LogP contribution in [0.5, 0.6) is 0 Å². The second kappa shape index (κ2) is 25.8. The van der Waals surface area contributed by atoms with E-state index >= 15 is 0 Å². The highest BCUT2D eigenvalue weighted by atomic mass is 35.5. The Morgan fingerprint density at radius 1 is 0.507 bits per heavy atom. The molecule has 0 spiro atoms. The monoisotopic (exact) mass is 1030 g/mol. The third-order valence-electron chi connectivity index (χ3n) is 11.1. The zero-order valence-electron chi connectivity index (χ0n) is 36.9. The maximum absolute atomic E-state index is 13.1. The molecule has 5 aromatic carbocycles. The zero-order chi connectivity index (χ0) is 48.4. The molecule has 3 aromatic heterocycles. The van der Waals surface area contributed by atoms with Gasteiger partial charge in [-0.2, -0.15) is 0 Å². The summed E-state index contributed by atoms with van der Waals surface area (Å²) in [4.78, 5) is 49.0. The van der Waals surface area contributed by atoms with Crippen LogP contribution in [0.1, 0.15) is 97.6 Å². The minimum atomic E-state index is -0.349. The van der Waals surface area contributed by atoms with Crippen LogP contribution in [0.2, 0.25) is 20.5 Å². The molecule has 366 valence electrons. The first-order valence-corrected chi connectivity index (χ1v) is 22.8. The lowest BCUT2D eigenvalue weighted by molar-refractivity contribution is 0.101. The molecule has 3 N–H and O–H groups in total. The second-order valence-electron chi connectivity index (χ2n) is 16.2. The van der Waals surface area contributed by atoms with E-state index in [4.69, 9.17) is 46.4 Å². The lowest BCUT2D eigenvalue weighted by Crippen LogP contribution is -2.15. The molecule has 0 radical (unpaired) electrons. The maximum Gasteiger partial charge on any atom is 0.258 e. The molecule has 0 saturated carbocycles. The highest BCUT2D eigenvalue weighted by Gasteiger charge is 2.36. The summed E-state index contributed by atoms with van der Waals surface area (Å²) in [5.41, 5.74) is 9.36. The van der Waals surface area contributed by atoms with Crippen molar-refractivity contribution in [1.82, 2.24) is 15.0 Å². The quantitative estimate of drug-likeness (QED) is 0.130. The summed E-state index contributed by atoms with van der Waals surface area (Å²) in [7, 11) is 0. The van der Waals surface area contributed by atoms with Gasteiger partial charge in [-0.25, -0.2) is 19.3 Å². The van der Waals surface area contributed by atoms with Crippen molar-refractivity contribution in [3.8, 4) is 22.3 Å². The summed E-state index contributed by atoms with van der Waals surface area (Å²) in [6.07, 6.45) is 5.72. The third-order valence-corrected chi connectivity index (χ3v) is 12.2. The van der Waals surface area contributed by atoms with Crippen molar-refractivity contribution in [3.05, 3.63) is 224 Å². The molecular formula is C57H55Cl4FN6O3. The van der Waals surface area contributed by atoms with Crippen LogP contribution in [0, 0.1) is 5.82 Å². The number of carbonyl (C=O) groups is 3. The highest BCUT2D eigenvalue weighted by Crippen LogP contribution is 2.48. The number of pyridine rings is 3. The summed E-state index contributed by atoms with van der Waals surface area (Å²) < 4.78 is 13.1. The van der Waals surface area contributed by atoms with E-state index in [9.17, 15) is 18.8 Å². The van der Waals surface area contributed by atoms with E-state index in [0.29, 0.717) is 39.0 Å². The Balaban J connectivity index is 0.000000227. The van der Waals surface area contributed by atoms with Crippen molar-refractivity contribution in [2.45, 2.75) is 60.8 Å². The van der Waals surface area contributed by atoms with E-state index in [1.165, 1.54) is 29.5 Å². The third kappa shape index (κ3) is 14.1. The van der Waals surface area contributed by atoms with Crippen molar-refractivity contribution >= 4 is 81.2 Å². The van der Waals surface area contributed by atoms with Gasteiger partial charge in [0.05, 0.1) is 16.7 Å². The average Bonchev–Trinajstić information content (AvgIpc) is 3.58. The van der Waals surface area contributed by atoms with Gasteiger partial charge in [0.1, 0.15) is 21.3 Å². The molecule has 0 bridgehead atoms. The molecule has 0 saturated heterocycles. The van der Waals surface area contributed by atoms with Gasteiger partial charge in [-0.1, -0.05) is 162 Å². The Labute approximate surface area is 435 Å². The number of nitrogens with zero attached hydrogens (tertiary/aromatic N) is 3. The molecule has 0 aliphatic heterocycles. The Morgan fingerprint density at radius 2 is 0.887 bits per heavy atom. The highest BCUT2D eigenvalue weighted by molar-refractivity contribution is 6.34. The van der Waals surface area contributed by atoms with Crippen LogP contribution < -0.4 is 16.0 Å². The van der Waals surface area contributed by atoms with E-state index in [2.05, 4.69) is 57.7 Å². The van der Waals surface area contributed by atoms with E-state index in [1.54, 1.807) is 67.0 Å². The topological polar surface area (TPSA) is 126 Å². The molecule has 9 nitrogen and oxygen atoms in total. The molecule has 1 atom stereocenters. The van der Waals surface area contributed by atoms with Gasteiger partial charge >= 0.3 is 0 Å². The molecular weight excluding hydrogens is 977 g/mol. The second-order valence-corrected chi connectivity index (χ2v) is 17.8. The fraction of sp³-hybridized carbons (Fsp3) is 0.158. The summed E-state index contributed by atoms with van der Waals surface area (Å²) in [5, 5.41) is 9.92. The Kier molecular flexibility index (Phi) is 20.6. The van der Waals surface area contributed by atoms with Gasteiger partial charge in [0.2, 0.25) is 0 Å². The van der Waals surface area contributed by atoms with Gasteiger partial charge in [-0.3, -0.25) is 14.4 Å². The first kappa shape index (κ1) is 56.6. The SMILES string of the molecule is C.C.C.CC1CC(C)(C)c2cccc(NC(=O)c3cccnc3Cl)c21.O=C(Nc1ccccc1-c1ccc(Cl)cc1)c1cccnc1Cl.O=C(Nc1ccccc1-c1ccc(F)cc1)c1cccnc1Cl. The Bertz CT molecular complexity index is 2950. The summed E-state index contributed by atoms with van der Waals surface area (Å²) in [6, 6.07) is 44.4. The van der Waals surface area contributed by atoms with Crippen molar-refractivity contribution in [2.75, 3.05) is 16.0 Å². The Morgan fingerprint density at radius 3 is 1.31 bits per heavy atom. The largest absolute Gasteiger partial charge is 0.322 e. The minimum Gasteiger partial charge on any atom is -0.322 e. The minimum absolute atomic E-state index is 0. The number of carbonyl (C=O) groups excluding carboxylic acids is 3. The maximum atomic E-state index is 13.1. The summed E-state index contributed by atoms with van der Waals surface area (Å²) in [6.45, 7) is 6.71. The lowest BCUT2D eigenvalue weighted by atomic mass is 9.86. The van der Waals surface area contributed by atoms with Crippen molar-refractivity contribution in [1.29, 1.82) is 0 Å². The van der Waals surface area contributed by atoms with E-state index in [-0.39, 0.29) is 66.7 Å². The molecule has 3 heterocycles. The number of hydrogen-bond donors (Lipinski definition) is 3. The first-order chi connectivity index (χ1) is 32.7. The van der Waals surface area contributed by atoms with Gasteiger partial charge in [0.25, 0.3) is 17.7 Å². The van der Waals surface area contributed by atoms with Crippen molar-refractivity contribution < 1.29 is 18.8 Å². The van der Waals surface area contributed by atoms with Crippen LogP contribution >= 0.6 is 46.4 Å². The molecule has 8 aromatic rings. The number of halogens is 5. The van der Waals surface area contributed by atoms with Crippen LogP contribution in [0.25, 0.3) is 22.3 Å². The van der Waals surface area contributed by atoms with Gasteiger partial charge < -0.3 is 16.0 Å². The fourth-order valence-electron chi connectivity index (χ4n) is 7.95. The average molecular weight is 1030 g/mol. The molecule has 14 heteroatoms. The molecule has 71 heavy (non-hydrogen) atoms. The smallest absolute Gasteiger partial charge is 0.258 e. The number of benzene rings is 5. The Hall–Kier alpha value is -6.95. The van der Waals surface area contributed by atoms with E-state index in [0.717, 1.165) is 34.4 Å². The predicted molar refractivity (Wildman–Crippen MR) is 293 cm³/mol. The number of anilines is 3. The summed E-state index contributed by atoms with van der Waals surface area (Å²) in [5.74, 6) is -0.756. The molecule has 1 aliphatic rings. The van der Waals surface area contributed by atoms with Gasteiger partial charge in [0, 0.05) is 51.8 Å². The molecule has 9 rings (SSSR count). The van der Waals surface area contributed by atoms with E-state index in [1.807, 2.05) is 78.9 Å². The number of hydrogen-bond acceptors (Lipinski definition) is 6. The van der Waals surface area contributed by atoms with Gasteiger partial charge in [-0.05, 0) is 119 Å².